The minimum Gasteiger partial charge on any atom is -0.335 e. The summed E-state index contributed by atoms with van der Waals surface area (Å²) < 4.78 is 26.3. The van der Waals surface area contributed by atoms with Crippen LogP contribution in [0.5, 0.6) is 0 Å². The molecule has 2 fully saturated rings. The maximum atomic E-state index is 13.5. The Morgan fingerprint density at radius 1 is 1.06 bits per heavy atom. The summed E-state index contributed by atoms with van der Waals surface area (Å²) in [5.74, 6) is 0.871. The predicted molar refractivity (Wildman–Crippen MR) is 123 cm³/mol. The van der Waals surface area contributed by atoms with Crippen molar-refractivity contribution in [3.63, 3.8) is 0 Å². The first-order valence-corrected chi connectivity index (χ1v) is 12.8. The number of imidazole rings is 1. The summed E-state index contributed by atoms with van der Waals surface area (Å²) >= 11 is 0. The molecule has 0 N–H and O–H groups in total. The van der Waals surface area contributed by atoms with Crippen LogP contribution >= 0.6 is 0 Å². The molecular weight excluding hydrogens is 426 g/mol. The smallest absolute Gasteiger partial charge is 0.274 e. The van der Waals surface area contributed by atoms with Gasteiger partial charge in [0.1, 0.15) is 11.3 Å². The number of pyridine rings is 1. The molecule has 9 heteroatoms. The van der Waals surface area contributed by atoms with E-state index in [0.29, 0.717) is 42.2 Å². The van der Waals surface area contributed by atoms with Crippen LogP contribution in [0.4, 0.5) is 0 Å². The SMILES string of the molecule is Cc1nc2c(C(=O)N3CCN(C)CC3)nc(-c3ccccc3)cc2n1C1CCS(=O)(=O)C1. The Morgan fingerprint density at radius 2 is 1.78 bits per heavy atom. The van der Waals surface area contributed by atoms with Gasteiger partial charge >= 0.3 is 0 Å². The van der Waals surface area contributed by atoms with Crippen molar-refractivity contribution in [2.24, 2.45) is 0 Å². The van der Waals surface area contributed by atoms with Crippen LogP contribution in [0.3, 0.4) is 0 Å². The Balaban J connectivity index is 1.67. The maximum absolute atomic E-state index is 13.5. The van der Waals surface area contributed by atoms with Gasteiger partial charge in [-0.05, 0) is 26.5 Å². The molecule has 32 heavy (non-hydrogen) atoms. The number of likely N-dealkylation sites (N-methyl/N-ethyl adjacent to an activating group) is 1. The largest absolute Gasteiger partial charge is 0.335 e. The lowest BCUT2D eigenvalue weighted by Crippen LogP contribution is -2.47. The van der Waals surface area contributed by atoms with Gasteiger partial charge in [-0.15, -0.1) is 0 Å². The fourth-order valence-electron chi connectivity index (χ4n) is 4.71. The standard InChI is InChI=1S/C23H27N5O3S/c1-16-24-21-20(28(16)18-8-13-32(30,31)15-18)14-19(17-6-4-3-5-7-17)25-22(21)23(29)27-11-9-26(2)10-12-27/h3-7,14,18H,8-13,15H2,1-2H3. The number of rotatable bonds is 3. The average molecular weight is 454 g/mol. The molecule has 2 saturated heterocycles. The van der Waals surface area contributed by atoms with E-state index >= 15 is 0 Å². The van der Waals surface area contributed by atoms with E-state index in [1.165, 1.54) is 0 Å². The number of carbonyl (C=O) groups excluding carboxylic acids is 1. The Kier molecular flexibility index (Phi) is 5.25. The number of piperazine rings is 1. The molecule has 8 nitrogen and oxygen atoms in total. The Hall–Kier alpha value is -2.78. The molecule has 1 atom stereocenters. The lowest BCUT2D eigenvalue weighted by Gasteiger charge is -2.32. The molecule has 2 aliphatic heterocycles. The summed E-state index contributed by atoms with van der Waals surface area (Å²) in [5.41, 5.74) is 3.27. The third-order valence-corrected chi connectivity index (χ3v) is 8.24. The average Bonchev–Trinajstić information content (AvgIpc) is 3.31. The van der Waals surface area contributed by atoms with E-state index in [-0.39, 0.29) is 23.5 Å². The van der Waals surface area contributed by atoms with Gasteiger partial charge in [0.25, 0.3) is 5.91 Å². The molecule has 0 aliphatic carbocycles. The highest BCUT2D eigenvalue weighted by molar-refractivity contribution is 7.91. The van der Waals surface area contributed by atoms with E-state index in [9.17, 15) is 13.2 Å². The van der Waals surface area contributed by atoms with E-state index in [2.05, 4.69) is 11.9 Å². The topological polar surface area (TPSA) is 88.4 Å². The highest BCUT2D eigenvalue weighted by Gasteiger charge is 2.33. The maximum Gasteiger partial charge on any atom is 0.274 e. The number of fused-ring (bicyclic) bond motifs is 1. The monoisotopic (exact) mass is 453 g/mol. The number of aryl methyl sites for hydroxylation is 1. The van der Waals surface area contributed by atoms with Crippen LogP contribution < -0.4 is 0 Å². The molecule has 0 saturated carbocycles. The highest BCUT2D eigenvalue weighted by atomic mass is 32.2. The molecule has 4 heterocycles. The first-order chi connectivity index (χ1) is 15.3. The molecule has 1 unspecified atom stereocenters. The molecule has 2 aliphatic rings. The van der Waals surface area contributed by atoms with Gasteiger partial charge in [0.05, 0.1) is 28.8 Å². The van der Waals surface area contributed by atoms with Gasteiger partial charge in [0, 0.05) is 31.7 Å². The quantitative estimate of drug-likeness (QED) is 0.604. The second-order valence-electron chi connectivity index (χ2n) is 8.77. The lowest BCUT2D eigenvalue weighted by molar-refractivity contribution is 0.0660. The van der Waals surface area contributed by atoms with E-state index in [1.807, 2.05) is 52.8 Å². The molecule has 0 radical (unpaired) electrons. The molecule has 2 aromatic heterocycles. The third kappa shape index (κ3) is 3.80. The van der Waals surface area contributed by atoms with Crippen LogP contribution in [-0.2, 0) is 9.84 Å². The number of carbonyl (C=O) groups is 1. The van der Waals surface area contributed by atoms with Crippen LogP contribution in [0.2, 0.25) is 0 Å². The zero-order valence-electron chi connectivity index (χ0n) is 18.4. The van der Waals surface area contributed by atoms with Crippen LogP contribution in [-0.4, -0.2) is 83.4 Å². The number of amides is 1. The number of benzene rings is 1. The van der Waals surface area contributed by atoms with Gasteiger partial charge in [0.2, 0.25) is 0 Å². The second-order valence-corrected chi connectivity index (χ2v) is 11.0. The molecular formula is C23H27N5O3S. The number of nitrogens with zero attached hydrogens (tertiary/aromatic N) is 5. The van der Waals surface area contributed by atoms with Crippen molar-refractivity contribution in [2.75, 3.05) is 44.7 Å². The van der Waals surface area contributed by atoms with E-state index in [1.54, 1.807) is 0 Å². The fraction of sp³-hybridized carbons (Fsp3) is 0.435. The summed E-state index contributed by atoms with van der Waals surface area (Å²) in [6.07, 6.45) is 0.555. The summed E-state index contributed by atoms with van der Waals surface area (Å²) in [5, 5.41) is 0. The molecule has 3 aromatic rings. The minimum absolute atomic E-state index is 0.101. The Morgan fingerprint density at radius 3 is 2.44 bits per heavy atom. The van der Waals surface area contributed by atoms with E-state index in [4.69, 9.17) is 9.97 Å². The minimum atomic E-state index is -3.06. The summed E-state index contributed by atoms with van der Waals surface area (Å²) in [6, 6.07) is 11.5. The lowest BCUT2D eigenvalue weighted by atomic mass is 10.1. The molecule has 0 bridgehead atoms. The van der Waals surface area contributed by atoms with Gasteiger partial charge in [0.15, 0.2) is 15.5 Å². The van der Waals surface area contributed by atoms with Gasteiger partial charge in [-0.1, -0.05) is 30.3 Å². The van der Waals surface area contributed by atoms with Crippen molar-refractivity contribution in [1.29, 1.82) is 0 Å². The van der Waals surface area contributed by atoms with Crippen molar-refractivity contribution in [2.45, 2.75) is 19.4 Å². The molecule has 168 valence electrons. The Labute approximate surface area is 187 Å². The van der Waals surface area contributed by atoms with Crippen molar-refractivity contribution < 1.29 is 13.2 Å². The molecule has 0 spiro atoms. The van der Waals surface area contributed by atoms with Gasteiger partial charge < -0.3 is 14.4 Å². The van der Waals surface area contributed by atoms with Crippen molar-refractivity contribution in [1.82, 2.24) is 24.3 Å². The highest BCUT2D eigenvalue weighted by Crippen LogP contribution is 2.32. The van der Waals surface area contributed by atoms with Gasteiger partial charge in [-0.3, -0.25) is 4.79 Å². The van der Waals surface area contributed by atoms with E-state index < -0.39 is 9.84 Å². The van der Waals surface area contributed by atoms with Crippen molar-refractivity contribution in [3.8, 4) is 11.3 Å². The summed E-state index contributed by atoms with van der Waals surface area (Å²) in [6.45, 7) is 4.81. The summed E-state index contributed by atoms with van der Waals surface area (Å²) in [4.78, 5) is 27.1. The molecule has 5 rings (SSSR count). The van der Waals surface area contributed by atoms with Crippen LogP contribution in [0.25, 0.3) is 22.3 Å². The second kappa shape index (κ2) is 7.97. The Bertz CT molecular complexity index is 1280. The first-order valence-electron chi connectivity index (χ1n) is 11.0. The first kappa shape index (κ1) is 21.1. The number of aromatic nitrogens is 3. The molecule has 1 aromatic carbocycles. The van der Waals surface area contributed by atoms with Crippen LogP contribution in [0, 0.1) is 6.92 Å². The van der Waals surface area contributed by atoms with Crippen LogP contribution in [0.1, 0.15) is 28.8 Å². The number of sulfone groups is 1. The summed E-state index contributed by atoms with van der Waals surface area (Å²) in [7, 11) is -1.01. The zero-order chi connectivity index (χ0) is 22.5. The van der Waals surface area contributed by atoms with Gasteiger partial charge in [-0.25, -0.2) is 18.4 Å². The van der Waals surface area contributed by atoms with Gasteiger partial charge in [-0.2, -0.15) is 0 Å². The van der Waals surface area contributed by atoms with Crippen LogP contribution in [0.15, 0.2) is 36.4 Å². The van der Waals surface area contributed by atoms with Crippen molar-refractivity contribution in [3.05, 3.63) is 47.9 Å². The molecule has 1 amide bonds. The fourth-order valence-corrected chi connectivity index (χ4v) is 6.41. The normalized spacial score (nSPS) is 21.3. The predicted octanol–water partition coefficient (Wildman–Crippen LogP) is 2.15. The number of hydrogen-bond acceptors (Lipinski definition) is 6. The van der Waals surface area contributed by atoms with Crippen molar-refractivity contribution >= 4 is 26.8 Å². The van der Waals surface area contributed by atoms with E-state index in [0.717, 1.165) is 24.2 Å². The zero-order valence-corrected chi connectivity index (χ0v) is 19.2. The third-order valence-electron chi connectivity index (χ3n) is 6.49. The number of hydrogen-bond donors (Lipinski definition) is 0.